The average Bonchev–Trinajstić information content (AvgIpc) is 3.71. The number of nitrogens with one attached hydrogen (secondary N) is 2. The molecule has 0 fully saturated rings. The number of amides is 2. The molecule has 3 heterocycles. The van der Waals surface area contributed by atoms with Crippen molar-refractivity contribution in [2.45, 2.75) is 45.7 Å². The molecule has 0 radical (unpaired) electrons. The molecule has 0 aliphatic rings. The summed E-state index contributed by atoms with van der Waals surface area (Å²) in [6.45, 7) is 6.56. The van der Waals surface area contributed by atoms with Gasteiger partial charge in [-0.1, -0.05) is 56.3 Å². The fourth-order valence-electron chi connectivity index (χ4n) is 4.55. The van der Waals surface area contributed by atoms with E-state index in [0.29, 0.717) is 28.2 Å². The zero-order valence-corrected chi connectivity index (χ0v) is 25.2. The number of aromatic nitrogens is 5. The number of carbonyl (C=O) groups excluding carboxylic acids is 3. The summed E-state index contributed by atoms with van der Waals surface area (Å²) >= 11 is 0. The number of Topliss-reactive ketones (excluding diaryl/α,β-unsaturated/α-hetero) is 1. The quantitative estimate of drug-likeness (QED) is 0.217. The third-order valence-corrected chi connectivity index (χ3v) is 7.10. The lowest BCUT2D eigenvalue weighted by molar-refractivity contribution is -0.122. The number of ketones is 1. The average molecular weight is 614 g/mol. The number of fused-ring (bicyclic) bond motifs is 1. The van der Waals surface area contributed by atoms with Crippen LogP contribution in [0.1, 0.15) is 50.2 Å². The van der Waals surface area contributed by atoms with Gasteiger partial charge >= 0.3 is 6.09 Å². The molecule has 0 aliphatic heterocycles. The topological polar surface area (TPSA) is 184 Å². The predicted molar refractivity (Wildman–Crippen MR) is 161 cm³/mol. The summed E-state index contributed by atoms with van der Waals surface area (Å²) in [6.07, 6.45) is 0.464. The molecule has 0 aliphatic carbocycles. The highest BCUT2D eigenvalue weighted by atomic mass is 16.5. The highest BCUT2D eigenvalue weighted by Crippen LogP contribution is 2.32. The van der Waals surface area contributed by atoms with Crippen molar-refractivity contribution in [3.8, 4) is 11.3 Å². The fourth-order valence-corrected chi connectivity index (χ4v) is 4.55. The molecule has 232 valence electrons. The van der Waals surface area contributed by atoms with Crippen LogP contribution in [0.2, 0.25) is 0 Å². The lowest BCUT2D eigenvalue weighted by atomic mass is 9.93. The Hall–Kier alpha value is -5.66. The number of hydrogen-bond donors (Lipinski definition) is 2. The van der Waals surface area contributed by atoms with Gasteiger partial charge in [-0.3, -0.25) is 24.3 Å². The number of para-hydroxylation sites is 2. The standard InChI is InChI=1S/C31H31N7O7/c1-17(2)23(24(40)26-36-37-29(45-26)31(3,4)28-33-19-13-9-10-14-21(19)44-28)34-22(39)16-38-20(18-11-7-6-8-12-18)15-32-25(27(38)41)35-30(42)43-5/h6-15,17,23H,16H2,1-5H3,(H,34,39)(H,32,35,42)/t23-/m0/s1. The molecule has 3 aromatic heterocycles. The van der Waals surface area contributed by atoms with Crippen molar-refractivity contribution in [2.24, 2.45) is 5.92 Å². The van der Waals surface area contributed by atoms with Crippen molar-refractivity contribution in [1.82, 2.24) is 30.0 Å². The second-order valence-corrected chi connectivity index (χ2v) is 11.0. The van der Waals surface area contributed by atoms with Crippen LogP contribution in [0.25, 0.3) is 22.4 Å². The smallest absolute Gasteiger partial charge is 0.412 e. The minimum atomic E-state index is -1.07. The van der Waals surface area contributed by atoms with Crippen LogP contribution in [0.15, 0.2) is 74.4 Å². The molecule has 2 N–H and O–H groups in total. The van der Waals surface area contributed by atoms with Gasteiger partial charge in [-0.15, -0.1) is 10.2 Å². The zero-order chi connectivity index (χ0) is 32.3. The van der Waals surface area contributed by atoms with Crippen LogP contribution in [0.4, 0.5) is 10.6 Å². The van der Waals surface area contributed by atoms with Crippen LogP contribution in [-0.2, 0) is 21.5 Å². The van der Waals surface area contributed by atoms with E-state index in [2.05, 4.69) is 35.5 Å². The van der Waals surface area contributed by atoms with Gasteiger partial charge in [0.15, 0.2) is 5.58 Å². The van der Waals surface area contributed by atoms with Crippen molar-refractivity contribution in [1.29, 1.82) is 0 Å². The lowest BCUT2D eigenvalue weighted by Gasteiger charge is -2.21. The number of oxazole rings is 1. The Kier molecular flexibility index (Phi) is 8.57. The Balaban J connectivity index is 1.39. The summed E-state index contributed by atoms with van der Waals surface area (Å²) in [5, 5.41) is 13.0. The van der Waals surface area contributed by atoms with Crippen LogP contribution in [0, 0.1) is 5.92 Å². The molecular formula is C31H31N7O7. The highest BCUT2D eigenvalue weighted by molar-refractivity contribution is 5.98. The Morgan fingerprint density at radius 1 is 0.978 bits per heavy atom. The number of ether oxygens (including phenoxy) is 1. The first-order valence-corrected chi connectivity index (χ1v) is 14.0. The van der Waals surface area contributed by atoms with Crippen molar-refractivity contribution in [2.75, 3.05) is 12.4 Å². The maximum absolute atomic E-state index is 13.6. The first-order chi connectivity index (χ1) is 21.5. The number of methoxy groups -OCH3 is 1. The van der Waals surface area contributed by atoms with Crippen molar-refractivity contribution >= 4 is 34.7 Å². The van der Waals surface area contributed by atoms with Crippen molar-refractivity contribution in [3.05, 3.63) is 88.8 Å². The molecule has 0 unspecified atom stereocenters. The van der Waals surface area contributed by atoms with Gasteiger partial charge in [0.1, 0.15) is 17.5 Å². The molecule has 1 atom stereocenters. The van der Waals surface area contributed by atoms with Gasteiger partial charge in [-0.05, 0) is 37.5 Å². The van der Waals surface area contributed by atoms with Crippen LogP contribution < -0.4 is 16.2 Å². The molecule has 14 heteroatoms. The summed E-state index contributed by atoms with van der Waals surface area (Å²) in [4.78, 5) is 60.6. The van der Waals surface area contributed by atoms with Crippen LogP contribution >= 0.6 is 0 Å². The molecule has 5 aromatic rings. The van der Waals surface area contributed by atoms with E-state index >= 15 is 0 Å². The molecule has 14 nitrogen and oxygen atoms in total. The Morgan fingerprint density at radius 2 is 1.69 bits per heavy atom. The third kappa shape index (κ3) is 6.34. The molecule has 2 amide bonds. The van der Waals surface area contributed by atoms with Gasteiger partial charge in [0.2, 0.25) is 29.3 Å². The SMILES string of the molecule is COC(=O)Nc1ncc(-c2ccccc2)n(CC(=O)N[C@H](C(=O)c2nnc(C(C)(C)c3nc4ccccc4o3)o2)C(C)C)c1=O. The Bertz CT molecular complexity index is 1890. The van der Waals surface area contributed by atoms with E-state index in [9.17, 15) is 19.2 Å². The van der Waals surface area contributed by atoms with Gasteiger partial charge in [0, 0.05) is 0 Å². The molecule has 45 heavy (non-hydrogen) atoms. The second kappa shape index (κ2) is 12.5. The van der Waals surface area contributed by atoms with E-state index in [1.54, 1.807) is 64.1 Å². The number of rotatable bonds is 10. The molecule has 0 saturated carbocycles. The van der Waals surface area contributed by atoms with Gasteiger partial charge in [-0.25, -0.2) is 14.8 Å². The number of benzene rings is 2. The van der Waals surface area contributed by atoms with E-state index in [-0.39, 0.29) is 23.5 Å². The summed E-state index contributed by atoms with van der Waals surface area (Å²) in [5.41, 5.74) is 0.476. The molecule has 0 spiro atoms. The molecule has 2 aromatic carbocycles. The van der Waals surface area contributed by atoms with E-state index in [1.165, 1.54) is 6.20 Å². The zero-order valence-electron chi connectivity index (χ0n) is 25.2. The summed E-state index contributed by atoms with van der Waals surface area (Å²) < 4.78 is 17.4. The fraction of sp³-hybridized carbons (Fsp3) is 0.290. The van der Waals surface area contributed by atoms with Gasteiger partial charge < -0.3 is 18.9 Å². The number of carbonyl (C=O) groups is 3. The van der Waals surface area contributed by atoms with Gasteiger partial charge in [-0.2, -0.15) is 0 Å². The highest BCUT2D eigenvalue weighted by Gasteiger charge is 2.37. The monoisotopic (exact) mass is 613 g/mol. The first kappa shape index (κ1) is 30.8. The number of nitrogens with zero attached hydrogens (tertiary/aromatic N) is 5. The maximum atomic E-state index is 13.6. The molecular weight excluding hydrogens is 582 g/mol. The molecule has 0 bridgehead atoms. The largest absolute Gasteiger partial charge is 0.453 e. The van der Waals surface area contributed by atoms with E-state index < -0.39 is 41.3 Å². The minimum Gasteiger partial charge on any atom is -0.453 e. The van der Waals surface area contributed by atoms with E-state index in [0.717, 1.165) is 11.7 Å². The molecule has 0 saturated heterocycles. The summed E-state index contributed by atoms with van der Waals surface area (Å²) in [7, 11) is 1.14. The maximum Gasteiger partial charge on any atom is 0.412 e. The first-order valence-electron chi connectivity index (χ1n) is 14.0. The summed E-state index contributed by atoms with van der Waals surface area (Å²) in [5.74, 6) is -1.84. The second-order valence-electron chi connectivity index (χ2n) is 11.0. The normalized spacial score (nSPS) is 12.2. The Labute approximate surface area is 256 Å². The van der Waals surface area contributed by atoms with Crippen LogP contribution in [0.5, 0.6) is 0 Å². The van der Waals surface area contributed by atoms with E-state index in [1.807, 2.05) is 18.2 Å². The lowest BCUT2D eigenvalue weighted by Crippen LogP contribution is -2.46. The molecule has 5 rings (SSSR count). The van der Waals surface area contributed by atoms with Crippen molar-refractivity contribution < 1.29 is 28.0 Å². The van der Waals surface area contributed by atoms with Crippen LogP contribution in [0.3, 0.4) is 0 Å². The van der Waals surface area contributed by atoms with Gasteiger partial charge in [0.05, 0.1) is 25.0 Å². The van der Waals surface area contributed by atoms with Gasteiger partial charge in [0.25, 0.3) is 11.4 Å². The minimum absolute atomic E-state index is 0.104. The summed E-state index contributed by atoms with van der Waals surface area (Å²) in [6, 6.07) is 15.0. The van der Waals surface area contributed by atoms with E-state index in [4.69, 9.17) is 8.83 Å². The number of hydrogen-bond acceptors (Lipinski definition) is 11. The third-order valence-electron chi connectivity index (χ3n) is 7.10. The van der Waals surface area contributed by atoms with Crippen LogP contribution in [-0.4, -0.2) is 55.7 Å². The van der Waals surface area contributed by atoms with Crippen molar-refractivity contribution in [3.63, 3.8) is 0 Å². The predicted octanol–water partition coefficient (Wildman–Crippen LogP) is 3.96. The number of anilines is 1. The Morgan fingerprint density at radius 3 is 2.38 bits per heavy atom.